The predicted octanol–water partition coefficient (Wildman–Crippen LogP) is 3.85. The number of nitriles is 1. The first kappa shape index (κ1) is 11.4. The third-order valence-corrected chi connectivity index (χ3v) is 2.93. The summed E-state index contributed by atoms with van der Waals surface area (Å²) < 4.78 is 0.886. The van der Waals surface area contributed by atoms with Gasteiger partial charge in [-0.15, -0.1) is 0 Å². The predicted molar refractivity (Wildman–Crippen MR) is 61.4 cm³/mol. The summed E-state index contributed by atoms with van der Waals surface area (Å²) in [7, 11) is 0. The van der Waals surface area contributed by atoms with Gasteiger partial charge < -0.3 is 5.11 Å². The van der Waals surface area contributed by atoms with Crippen LogP contribution in [0.4, 0.5) is 0 Å². The molecule has 0 bridgehead atoms. The highest BCUT2D eigenvalue weighted by Crippen LogP contribution is 2.37. The van der Waals surface area contributed by atoms with E-state index in [4.69, 9.17) is 5.26 Å². The molecule has 0 saturated heterocycles. The van der Waals surface area contributed by atoms with Crippen LogP contribution in [0.25, 0.3) is 0 Å². The number of thioether (sulfide) groups is 1. The number of phenolic OH excluding ortho intramolecular Hbond substituents is 1. The first-order valence-electron chi connectivity index (χ1n) is 4.14. The van der Waals surface area contributed by atoms with Crippen molar-refractivity contribution in [3.05, 3.63) is 22.2 Å². The minimum Gasteiger partial charge on any atom is -0.506 e. The summed E-state index contributed by atoms with van der Waals surface area (Å²) in [6.45, 7) is 4.00. The molecular formula is C10H10BrNOS. The summed E-state index contributed by atoms with van der Waals surface area (Å²) in [6, 6.07) is 3.62. The number of rotatable bonds is 2. The van der Waals surface area contributed by atoms with Gasteiger partial charge in [0, 0.05) is 4.47 Å². The van der Waals surface area contributed by atoms with Gasteiger partial charge in [-0.2, -0.15) is 5.26 Å². The molecule has 1 aromatic carbocycles. The van der Waals surface area contributed by atoms with E-state index in [1.807, 2.05) is 25.3 Å². The number of benzene rings is 1. The lowest BCUT2D eigenvalue weighted by Gasteiger charge is -2.11. The molecule has 0 aromatic heterocycles. The average Bonchev–Trinajstić information content (AvgIpc) is 2.10. The van der Waals surface area contributed by atoms with Crippen molar-refractivity contribution in [2.45, 2.75) is 24.7 Å². The SMILES string of the molecule is CC(C)c1cc(Br)cc(SC#N)c1O. The molecule has 0 atom stereocenters. The molecule has 1 rings (SSSR count). The van der Waals surface area contributed by atoms with Gasteiger partial charge in [-0.1, -0.05) is 29.8 Å². The van der Waals surface area contributed by atoms with Gasteiger partial charge in [0.05, 0.1) is 4.90 Å². The summed E-state index contributed by atoms with van der Waals surface area (Å²) >= 11 is 4.32. The molecule has 0 radical (unpaired) electrons. The van der Waals surface area contributed by atoms with Crippen molar-refractivity contribution >= 4 is 27.7 Å². The monoisotopic (exact) mass is 271 g/mol. The standard InChI is InChI=1S/C10H10BrNOS/c1-6(2)8-3-7(11)4-9(10(8)13)14-5-12/h3-4,6,13H,1-2H3. The van der Waals surface area contributed by atoms with E-state index in [9.17, 15) is 5.11 Å². The van der Waals surface area contributed by atoms with E-state index in [0.29, 0.717) is 4.90 Å². The van der Waals surface area contributed by atoms with Crippen molar-refractivity contribution in [2.24, 2.45) is 0 Å². The van der Waals surface area contributed by atoms with Crippen LogP contribution in [0.2, 0.25) is 0 Å². The maximum Gasteiger partial charge on any atom is 0.138 e. The smallest absolute Gasteiger partial charge is 0.138 e. The quantitative estimate of drug-likeness (QED) is 0.657. The highest BCUT2D eigenvalue weighted by atomic mass is 79.9. The molecule has 0 amide bonds. The largest absolute Gasteiger partial charge is 0.506 e. The fraction of sp³-hybridized carbons (Fsp3) is 0.300. The minimum atomic E-state index is 0.217. The zero-order chi connectivity index (χ0) is 10.7. The van der Waals surface area contributed by atoms with Gasteiger partial charge in [0.15, 0.2) is 0 Å². The van der Waals surface area contributed by atoms with E-state index < -0.39 is 0 Å². The number of aromatic hydroxyl groups is 1. The van der Waals surface area contributed by atoms with Crippen molar-refractivity contribution in [1.29, 1.82) is 5.26 Å². The molecule has 0 unspecified atom stereocenters. The van der Waals surface area contributed by atoms with Crippen LogP contribution in [0.15, 0.2) is 21.5 Å². The molecule has 1 aromatic rings. The van der Waals surface area contributed by atoms with E-state index in [1.165, 1.54) is 0 Å². The van der Waals surface area contributed by atoms with Crippen LogP contribution >= 0.6 is 27.7 Å². The lowest BCUT2D eigenvalue weighted by Crippen LogP contribution is -1.89. The maximum absolute atomic E-state index is 9.82. The van der Waals surface area contributed by atoms with Crippen molar-refractivity contribution in [1.82, 2.24) is 0 Å². The molecular weight excluding hydrogens is 262 g/mol. The summed E-state index contributed by atoms with van der Waals surface area (Å²) in [4.78, 5) is 0.602. The molecule has 0 saturated carbocycles. The van der Waals surface area contributed by atoms with Gasteiger partial charge in [-0.25, -0.2) is 0 Å². The molecule has 0 spiro atoms. The van der Waals surface area contributed by atoms with E-state index in [-0.39, 0.29) is 11.7 Å². The molecule has 0 aliphatic heterocycles. The third kappa shape index (κ3) is 2.43. The second kappa shape index (κ2) is 4.72. The van der Waals surface area contributed by atoms with Crippen LogP contribution in [-0.4, -0.2) is 5.11 Å². The molecule has 14 heavy (non-hydrogen) atoms. The van der Waals surface area contributed by atoms with Crippen LogP contribution in [0.3, 0.4) is 0 Å². The van der Waals surface area contributed by atoms with Crippen molar-refractivity contribution in [2.75, 3.05) is 0 Å². The fourth-order valence-electron chi connectivity index (χ4n) is 1.16. The van der Waals surface area contributed by atoms with Crippen LogP contribution in [0.1, 0.15) is 25.3 Å². The Morgan fingerprint density at radius 1 is 1.50 bits per heavy atom. The normalized spacial score (nSPS) is 10.2. The number of hydrogen-bond donors (Lipinski definition) is 1. The van der Waals surface area contributed by atoms with E-state index in [2.05, 4.69) is 15.9 Å². The molecule has 74 valence electrons. The van der Waals surface area contributed by atoms with Crippen LogP contribution in [0.5, 0.6) is 5.75 Å². The van der Waals surface area contributed by atoms with Gasteiger partial charge >= 0.3 is 0 Å². The second-order valence-electron chi connectivity index (χ2n) is 3.19. The zero-order valence-electron chi connectivity index (χ0n) is 7.91. The highest BCUT2D eigenvalue weighted by Gasteiger charge is 2.12. The average molecular weight is 272 g/mol. The Kier molecular flexibility index (Phi) is 3.85. The maximum atomic E-state index is 9.82. The Hall–Kier alpha value is -0.660. The Morgan fingerprint density at radius 2 is 2.14 bits per heavy atom. The zero-order valence-corrected chi connectivity index (χ0v) is 10.3. The number of hydrogen-bond acceptors (Lipinski definition) is 3. The topological polar surface area (TPSA) is 44.0 Å². The van der Waals surface area contributed by atoms with Crippen molar-refractivity contribution < 1.29 is 5.11 Å². The Balaban J connectivity index is 3.26. The first-order valence-corrected chi connectivity index (χ1v) is 5.75. The van der Waals surface area contributed by atoms with Crippen molar-refractivity contribution in [3.63, 3.8) is 0 Å². The number of halogens is 1. The second-order valence-corrected chi connectivity index (χ2v) is 4.93. The van der Waals surface area contributed by atoms with Crippen LogP contribution in [-0.2, 0) is 0 Å². The number of nitrogens with zero attached hydrogens (tertiary/aromatic N) is 1. The van der Waals surface area contributed by atoms with E-state index in [1.54, 1.807) is 6.07 Å². The van der Waals surface area contributed by atoms with Gasteiger partial charge in [0.2, 0.25) is 0 Å². The van der Waals surface area contributed by atoms with Gasteiger partial charge in [-0.3, -0.25) is 0 Å². The minimum absolute atomic E-state index is 0.217. The molecule has 0 fully saturated rings. The van der Waals surface area contributed by atoms with E-state index in [0.717, 1.165) is 21.8 Å². The third-order valence-electron chi connectivity index (χ3n) is 1.85. The molecule has 2 nitrogen and oxygen atoms in total. The summed E-state index contributed by atoms with van der Waals surface area (Å²) in [5.41, 5.74) is 0.858. The van der Waals surface area contributed by atoms with Crippen LogP contribution in [0, 0.1) is 10.7 Å². The van der Waals surface area contributed by atoms with Crippen molar-refractivity contribution in [3.8, 4) is 11.2 Å². The lowest BCUT2D eigenvalue weighted by molar-refractivity contribution is 0.452. The van der Waals surface area contributed by atoms with Gasteiger partial charge in [0.25, 0.3) is 0 Å². The molecule has 0 heterocycles. The van der Waals surface area contributed by atoms with Gasteiger partial charge in [-0.05, 0) is 35.4 Å². The summed E-state index contributed by atoms with van der Waals surface area (Å²) in [6.07, 6.45) is 0. The summed E-state index contributed by atoms with van der Waals surface area (Å²) in [5, 5.41) is 20.3. The van der Waals surface area contributed by atoms with E-state index >= 15 is 0 Å². The molecule has 1 N–H and O–H groups in total. The van der Waals surface area contributed by atoms with Gasteiger partial charge in [0.1, 0.15) is 11.2 Å². The molecule has 0 aliphatic carbocycles. The number of phenols is 1. The number of thiocyanates is 1. The first-order chi connectivity index (χ1) is 6.56. The van der Waals surface area contributed by atoms with Crippen LogP contribution < -0.4 is 0 Å². The molecule has 0 aliphatic rings. The Bertz CT molecular complexity index is 384. The lowest BCUT2D eigenvalue weighted by atomic mass is 10.0. The summed E-state index contributed by atoms with van der Waals surface area (Å²) in [5.74, 6) is 0.459. The Labute approximate surface area is 96.1 Å². The molecule has 4 heteroatoms. The highest BCUT2D eigenvalue weighted by molar-refractivity contribution is 9.10. The Morgan fingerprint density at radius 3 is 2.64 bits per heavy atom. The fourth-order valence-corrected chi connectivity index (χ4v) is 2.29.